The van der Waals surface area contributed by atoms with E-state index in [1.807, 2.05) is 4.90 Å². The van der Waals surface area contributed by atoms with E-state index >= 15 is 0 Å². The van der Waals surface area contributed by atoms with Gasteiger partial charge in [-0.15, -0.1) is 0 Å². The summed E-state index contributed by atoms with van der Waals surface area (Å²) in [6, 6.07) is 11.9. The van der Waals surface area contributed by atoms with Crippen molar-refractivity contribution < 1.29 is 13.2 Å². The molecule has 1 N–H and O–H groups in total. The van der Waals surface area contributed by atoms with Crippen LogP contribution in [0.5, 0.6) is 0 Å². The molecule has 1 amide bonds. The van der Waals surface area contributed by atoms with Crippen LogP contribution >= 0.6 is 15.9 Å². The number of hydrogen-bond acceptors (Lipinski definition) is 5. The van der Waals surface area contributed by atoms with E-state index in [1.54, 1.807) is 48.7 Å². The van der Waals surface area contributed by atoms with E-state index in [1.165, 1.54) is 4.31 Å². The summed E-state index contributed by atoms with van der Waals surface area (Å²) < 4.78 is 27.5. The number of halogens is 1. The lowest BCUT2D eigenvalue weighted by atomic mass is 10.3. The molecular weight excluding hydrogens is 420 g/mol. The van der Waals surface area contributed by atoms with Crippen molar-refractivity contribution in [2.45, 2.75) is 4.90 Å². The van der Waals surface area contributed by atoms with Crippen molar-refractivity contribution in [3.63, 3.8) is 0 Å². The van der Waals surface area contributed by atoms with Gasteiger partial charge in [-0.1, -0.05) is 18.2 Å². The largest absolute Gasteiger partial charge is 0.310 e. The number of nitrogens with zero attached hydrogens (tertiary/aromatic N) is 3. The molecule has 0 aliphatic carbocycles. The van der Waals surface area contributed by atoms with Crippen LogP contribution in [0.25, 0.3) is 0 Å². The summed E-state index contributed by atoms with van der Waals surface area (Å²) in [6.45, 7) is 1.94. The standard InChI is InChI=1S/C17H19BrN4O3S/c18-14-6-7-16(19-12-14)20-17(23)13-21-8-10-22(11-9-21)26(24,25)15-4-2-1-3-5-15/h1-7,12H,8-11,13H2,(H,19,20,23). The van der Waals surface area contributed by atoms with Gasteiger partial charge in [-0.25, -0.2) is 13.4 Å². The summed E-state index contributed by atoms with van der Waals surface area (Å²) in [5, 5.41) is 2.74. The zero-order valence-corrected chi connectivity index (χ0v) is 16.4. The second-order valence-corrected chi connectivity index (χ2v) is 8.76. The van der Waals surface area contributed by atoms with Gasteiger partial charge in [0.15, 0.2) is 0 Å². The molecular formula is C17H19BrN4O3S. The topological polar surface area (TPSA) is 82.6 Å². The minimum atomic E-state index is -3.47. The number of amides is 1. The third-order valence-electron chi connectivity index (χ3n) is 4.07. The van der Waals surface area contributed by atoms with Gasteiger partial charge in [-0.3, -0.25) is 9.69 Å². The van der Waals surface area contributed by atoms with E-state index in [-0.39, 0.29) is 12.5 Å². The van der Waals surface area contributed by atoms with Gasteiger partial charge < -0.3 is 5.32 Å². The minimum absolute atomic E-state index is 0.167. The van der Waals surface area contributed by atoms with Crippen LogP contribution in [-0.2, 0) is 14.8 Å². The van der Waals surface area contributed by atoms with Crippen molar-refractivity contribution in [2.24, 2.45) is 0 Å². The van der Waals surface area contributed by atoms with Gasteiger partial charge in [0, 0.05) is 36.8 Å². The number of rotatable bonds is 5. The van der Waals surface area contributed by atoms with Crippen LogP contribution in [0, 0.1) is 0 Å². The zero-order valence-electron chi connectivity index (χ0n) is 14.0. The molecule has 0 saturated carbocycles. The van der Waals surface area contributed by atoms with Crippen LogP contribution in [0.4, 0.5) is 5.82 Å². The second-order valence-electron chi connectivity index (χ2n) is 5.90. The number of hydrogen-bond donors (Lipinski definition) is 1. The molecule has 3 rings (SSSR count). The molecule has 1 aromatic carbocycles. The predicted molar refractivity (Wildman–Crippen MR) is 102 cm³/mol. The molecule has 7 nitrogen and oxygen atoms in total. The molecule has 1 aliphatic heterocycles. The van der Waals surface area contributed by atoms with Gasteiger partial charge in [0.2, 0.25) is 15.9 Å². The Morgan fingerprint density at radius 2 is 1.77 bits per heavy atom. The molecule has 1 aliphatic rings. The number of pyridine rings is 1. The fourth-order valence-corrected chi connectivity index (χ4v) is 4.38. The number of benzene rings is 1. The van der Waals surface area contributed by atoms with Gasteiger partial charge in [0.25, 0.3) is 0 Å². The third-order valence-corrected chi connectivity index (χ3v) is 6.46. The van der Waals surface area contributed by atoms with Crippen molar-refractivity contribution >= 4 is 37.7 Å². The number of sulfonamides is 1. The van der Waals surface area contributed by atoms with Gasteiger partial charge in [0.05, 0.1) is 11.4 Å². The maximum Gasteiger partial charge on any atom is 0.243 e. The average Bonchev–Trinajstić information content (AvgIpc) is 2.65. The highest BCUT2D eigenvalue weighted by Gasteiger charge is 2.28. The maximum absolute atomic E-state index is 12.6. The molecule has 138 valence electrons. The summed E-state index contributed by atoms with van der Waals surface area (Å²) in [7, 11) is -3.47. The quantitative estimate of drug-likeness (QED) is 0.769. The fourth-order valence-electron chi connectivity index (χ4n) is 2.70. The van der Waals surface area contributed by atoms with Crippen molar-refractivity contribution in [1.29, 1.82) is 0 Å². The molecule has 0 atom stereocenters. The molecule has 1 saturated heterocycles. The van der Waals surface area contributed by atoms with Gasteiger partial charge >= 0.3 is 0 Å². The summed E-state index contributed by atoms with van der Waals surface area (Å²) in [4.78, 5) is 18.5. The SMILES string of the molecule is O=C(CN1CCN(S(=O)(=O)c2ccccc2)CC1)Nc1ccc(Br)cn1. The Labute approximate surface area is 161 Å². The smallest absolute Gasteiger partial charge is 0.243 e. The number of nitrogens with one attached hydrogen (secondary N) is 1. The summed E-state index contributed by atoms with van der Waals surface area (Å²) in [5.41, 5.74) is 0. The normalized spacial score (nSPS) is 16.3. The van der Waals surface area contributed by atoms with E-state index in [9.17, 15) is 13.2 Å². The number of anilines is 1. The van der Waals surface area contributed by atoms with Crippen LogP contribution in [0.1, 0.15) is 0 Å². The van der Waals surface area contributed by atoms with E-state index in [4.69, 9.17) is 0 Å². The van der Waals surface area contributed by atoms with Crippen molar-refractivity contribution in [3.05, 3.63) is 53.1 Å². The van der Waals surface area contributed by atoms with Crippen molar-refractivity contribution in [3.8, 4) is 0 Å². The van der Waals surface area contributed by atoms with Gasteiger partial charge in [-0.05, 0) is 40.2 Å². The van der Waals surface area contributed by atoms with E-state index in [0.717, 1.165) is 4.47 Å². The van der Waals surface area contributed by atoms with Crippen LogP contribution in [0.2, 0.25) is 0 Å². The molecule has 26 heavy (non-hydrogen) atoms. The van der Waals surface area contributed by atoms with E-state index in [2.05, 4.69) is 26.2 Å². The Balaban J connectivity index is 1.52. The Bertz CT molecular complexity index is 851. The highest BCUT2D eigenvalue weighted by atomic mass is 79.9. The maximum atomic E-state index is 12.6. The molecule has 2 aromatic rings. The van der Waals surface area contributed by atoms with Crippen LogP contribution in [-0.4, -0.2) is 61.2 Å². The first-order valence-electron chi connectivity index (χ1n) is 8.14. The van der Waals surface area contributed by atoms with Crippen LogP contribution < -0.4 is 5.32 Å². The average molecular weight is 439 g/mol. The first kappa shape index (κ1) is 19.0. The molecule has 0 unspecified atom stereocenters. The second kappa shape index (κ2) is 8.26. The van der Waals surface area contributed by atoms with Crippen molar-refractivity contribution in [1.82, 2.24) is 14.2 Å². The predicted octanol–water partition coefficient (Wildman–Crippen LogP) is 1.79. The zero-order chi connectivity index (χ0) is 18.6. The first-order valence-corrected chi connectivity index (χ1v) is 10.4. The van der Waals surface area contributed by atoms with Gasteiger partial charge in [-0.2, -0.15) is 4.31 Å². The number of piperazine rings is 1. The molecule has 0 radical (unpaired) electrons. The number of carbonyl (C=O) groups excluding carboxylic acids is 1. The Hall–Kier alpha value is -1.81. The Morgan fingerprint density at radius 3 is 2.38 bits per heavy atom. The first-order chi connectivity index (χ1) is 12.4. The van der Waals surface area contributed by atoms with E-state index < -0.39 is 10.0 Å². The minimum Gasteiger partial charge on any atom is -0.310 e. The molecule has 9 heteroatoms. The molecule has 0 spiro atoms. The highest BCUT2D eigenvalue weighted by Crippen LogP contribution is 2.17. The van der Waals surface area contributed by atoms with E-state index in [0.29, 0.717) is 36.9 Å². The Kier molecular flexibility index (Phi) is 6.02. The monoisotopic (exact) mass is 438 g/mol. The molecule has 0 bridgehead atoms. The Morgan fingerprint density at radius 1 is 1.08 bits per heavy atom. The van der Waals surface area contributed by atoms with Crippen LogP contribution in [0.3, 0.4) is 0 Å². The molecule has 1 fully saturated rings. The summed E-state index contributed by atoms with van der Waals surface area (Å²) >= 11 is 3.29. The van der Waals surface area contributed by atoms with Crippen molar-refractivity contribution in [2.75, 3.05) is 38.0 Å². The fraction of sp³-hybridized carbons (Fsp3) is 0.294. The lowest BCUT2D eigenvalue weighted by Gasteiger charge is -2.33. The number of carbonyl (C=O) groups is 1. The molecule has 2 heterocycles. The number of aromatic nitrogens is 1. The molecule has 1 aromatic heterocycles. The van der Waals surface area contributed by atoms with Crippen LogP contribution in [0.15, 0.2) is 58.0 Å². The van der Waals surface area contributed by atoms with Gasteiger partial charge in [0.1, 0.15) is 5.82 Å². The highest BCUT2D eigenvalue weighted by molar-refractivity contribution is 9.10. The third kappa shape index (κ3) is 4.67. The lowest BCUT2D eigenvalue weighted by molar-refractivity contribution is -0.117. The lowest BCUT2D eigenvalue weighted by Crippen LogP contribution is -2.50. The summed E-state index contributed by atoms with van der Waals surface area (Å²) in [5.74, 6) is 0.322. The summed E-state index contributed by atoms with van der Waals surface area (Å²) in [6.07, 6.45) is 1.61.